The normalized spacial score (nSPS) is 19.4. The lowest BCUT2D eigenvalue weighted by Crippen LogP contribution is -2.43. The molecule has 3 fully saturated rings. The second kappa shape index (κ2) is 7.67. The molecule has 0 aliphatic carbocycles. The second-order valence-electron chi connectivity index (χ2n) is 9.86. The van der Waals surface area contributed by atoms with Crippen LogP contribution >= 0.6 is 0 Å². The fourth-order valence-corrected chi connectivity index (χ4v) is 5.90. The molecule has 0 amide bonds. The van der Waals surface area contributed by atoms with Gasteiger partial charge in [-0.3, -0.25) is 10.00 Å². The van der Waals surface area contributed by atoms with Crippen molar-refractivity contribution >= 4 is 27.6 Å². The number of phenolic OH excluding ortho intramolecular Hbond substituents is 1. The van der Waals surface area contributed by atoms with E-state index < -0.39 is 5.63 Å². The number of H-pyrrole nitrogens is 1. The Morgan fingerprint density at radius 1 is 1.09 bits per heavy atom. The van der Waals surface area contributed by atoms with Crippen LogP contribution in [0.2, 0.25) is 0 Å². The first-order valence-corrected chi connectivity index (χ1v) is 12.2. The van der Waals surface area contributed by atoms with E-state index in [4.69, 9.17) is 9.15 Å². The molecule has 0 saturated carbocycles. The first kappa shape index (κ1) is 20.7. The molecular weight excluding hydrogens is 448 g/mol. The van der Waals surface area contributed by atoms with Gasteiger partial charge in [-0.15, -0.1) is 0 Å². The molecule has 3 aliphatic rings. The number of ether oxygens (including phenoxy) is 1. The van der Waals surface area contributed by atoms with Gasteiger partial charge in [0.1, 0.15) is 23.5 Å². The van der Waals surface area contributed by atoms with Crippen LogP contribution in [-0.2, 0) is 0 Å². The lowest BCUT2D eigenvalue weighted by molar-refractivity contribution is 0.108. The molecule has 7 rings (SSSR count). The van der Waals surface area contributed by atoms with E-state index in [1.165, 1.54) is 12.8 Å². The minimum absolute atomic E-state index is 0.0458. The Hall–Kier alpha value is -3.66. The predicted molar refractivity (Wildman–Crippen MR) is 130 cm³/mol. The maximum absolute atomic E-state index is 13.2. The quantitative estimate of drug-likeness (QED) is 0.449. The summed E-state index contributed by atoms with van der Waals surface area (Å²) < 4.78 is 12.0. The molecule has 0 radical (unpaired) electrons. The Balaban J connectivity index is 1.34. The average molecular weight is 475 g/mol. The van der Waals surface area contributed by atoms with Crippen LogP contribution in [0.3, 0.4) is 0 Å². The number of aromatic nitrogens is 4. The summed E-state index contributed by atoms with van der Waals surface area (Å²) in [6, 6.07) is 5.15. The van der Waals surface area contributed by atoms with E-state index in [1.807, 2.05) is 0 Å². The van der Waals surface area contributed by atoms with E-state index in [9.17, 15) is 9.90 Å². The number of hydrogen-bond donors (Lipinski definition) is 2. The fraction of sp³-hybridized carbons (Fsp3) is 0.440. The lowest BCUT2D eigenvalue weighted by Gasteiger charge is -2.33. The minimum Gasteiger partial charge on any atom is -0.508 e. The Morgan fingerprint density at radius 3 is 2.69 bits per heavy atom. The molecule has 3 saturated heterocycles. The van der Waals surface area contributed by atoms with Gasteiger partial charge in [0.25, 0.3) is 0 Å². The van der Waals surface area contributed by atoms with Crippen molar-refractivity contribution in [3.05, 3.63) is 34.8 Å². The molecule has 0 spiro atoms. The average Bonchev–Trinajstić information content (AvgIpc) is 3.51. The van der Waals surface area contributed by atoms with E-state index in [2.05, 4.69) is 30.0 Å². The Labute approximate surface area is 200 Å². The minimum atomic E-state index is -0.512. The summed E-state index contributed by atoms with van der Waals surface area (Å²) >= 11 is 0. The van der Waals surface area contributed by atoms with Crippen molar-refractivity contribution in [3.8, 4) is 23.1 Å². The monoisotopic (exact) mass is 474 g/mol. The largest absolute Gasteiger partial charge is 0.508 e. The number of hydrogen-bond acceptors (Lipinski definition) is 9. The van der Waals surface area contributed by atoms with Crippen molar-refractivity contribution in [2.75, 3.05) is 37.7 Å². The Morgan fingerprint density at radius 2 is 1.91 bits per heavy atom. The highest BCUT2D eigenvalue weighted by atomic mass is 16.5. The fourth-order valence-electron chi connectivity index (χ4n) is 5.90. The maximum atomic E-state index is 13.2. The number of nitrogens with one attached hydrogen (secondary N) is 1. The highest BCUT2D eigenvalue weighted by molar-refractivity contribution is 5.97. The molecule has 10 heteroatoms. The zero-order valence-electron chi connectivity index (χ0n) is 19.3. The summed E-state index contributed by atoms with van der Waals surface area (Å²) in [5.41, 5.74) is 1.24. The summed E-state index contributed by atoms with van der Waals surface area (Å²) in [5, 5.41) is 18.2. The van der Waals surface area contributed by atoms with Crippen molar-refractivity contribution in [1.82, 2.24) is 25.1 Å². The maximum Gasteiger partial charge on any atom is 0.349 e. The molecule has 0 bridgehead atoms. The molecule has 3 aromatic heterocycles. The van der Waals surface area contributed by atoms with Gasteiger partial charge in [0.05, 0.1) is 22.8 Å². The topological polar surface area (TPSA) is 121 Å². The molecule has 180 valence electrons. The van der Waals surface area contributed by atoms with Gasteiger partial charge >= 0.3 is 11.6 Å². The zero-order valence-corrected chi connectivity index (χ0v) is 19.3. The number of fused-ring (bicyclic) bond motifs is 3. The molecule has 6 heterocycles. The van der Waals surface area contributed by atoms with Crippen LogP contribution in [0.15, 0.2) is 33.6 Å². The van der Waals surface area contributed by atoms with Crippen molar-refractivity contribution in [3.63, 3.8) is 0 Å². The molecular formula is C25H26N6O4. The van der Waals surface area contributed by atoms with Crippen molar-refractivity contribution in [2.45, 2.75) is 37.6 Å². The summed E-state index contributed by atoms with van der Waals surface area (Å²) in [7, 11) is 0. The summed E-state index contributed by atoms with van der Waals surface area (Å²) in [6.07, 6.45) is 7.33. The summed E-state index contributed by atoms with van der Waals surface area (Å²) in [4.78, 5) is 27.1. The second-order valence-corrected chi connectivity index (χ2v) is 9.86. The smallest absolute Gasteiger partial charge is 0.349 e. The van der Waals surface area contributed by atoms with Crippen LogP contribution in [0.25, 0.3) is 33.1 Å². The van der Waals surface area contributed by atoms with E-state index in [0.717, 1.165) is 50.8 Å². The number of rotatable bonds is 5. The number of phenols is 1. The van der Waals surface area contributed by atoms with Crippen LogP contribution < -0.4 is 15.3 Å². The third-order valence-electron chi connectivity index (χ3n) is 7.82. The van der Waals surface area contributed by atoms with Gasteiger partial charge in [0.2, 0.25) is 0 Å². The van der Waals surface area contributed by atoms with E-state index >= 15 is 0 Å². The van der Waals surface area contributed by atoms with Gasteiger partial charge < -0.3 is 19.2 Å². The van der Waals surface area contributed by atoms with E-state index in [0.29, 0.717) is 40.2 Å². The number of aromatic amines is 1. The van der Waals surface area contributed by atoms with Gasteiger partial charge in [0, 0.05) is 36.2 Å². The molecule has 1 aromatic carbocycles. The first-order chi connectivity index (χ1) is 17.1. The predicted octanol–water partition coefficient (Wildman–Crippen LogP) is 3.05. The van der Waals surface area contributed by atoms with Gasteiger partial charge in [-0.2, -0.15) is 15.1 Å². The van der Waals surface area contributed by atoms with Crippen molar-refractivity contribution < 1.29 is 14.3 Å². The Kier molecular flexibility index (Phi) is 4.54. The van der Waals surface area contributed by atoms with Gasteiger partial charge in [-0.05, 0) is 51.3 Å². The number of aromatic hydroxyl groups is 1. The number of benzene rings is 1. The third-order valence-corrected chi connectivity index (χ3v) is 7.82. The molecule has 35 heavy (non-hydrogen) atoms. The van der Waals surface area contributed by atoms with Crippen LogP contribution in [0.5, 0.6) is 11.8 Å². The SMILES string of the molecule is O=c1oc(-c2cc(O)cc3[nH]ncc23)cc2nc(OCC34CCCN3CCC4)nc(N3CCC3)c12. The highest BCUT2D eigenvalue weighted by Gasteiger charge is 2.45. The molecule has 10 nitrogen and oxygen atoms in total. The number of anilines is 1. The van der Waals surface area contributed by atoms with Crippen LogP contribution in [0.4, 0.5) is 5.82 Å². The van der Waals surface area contributed by atoms with Crippen LogP contribution in [0, 0.1) is 0 Å². The molecule has 2 N–H and O–H groups in total. The molecule has 4 aromatic rings. The zero-order chi connectivity index (χ0) is 23.6. The van der Waals surface area contributed by atoms with Crippen molar-refractivity contribution in [2.24, 2.45) is 0 Å². The van der Waals surface area contributed by atoms with E-state index in [-0.39, 0.29) is 17.3 Å². The van der Waals surface area contributed by atoms with Crippen LogP contribution in [-0.4, -0.2) is 68.5 Å². The Bertz CT molecular complexity index is 1500. The first-order valence-electron chi connectivity index (χ1n) is 12.2. The van der Waals surface area contributed by atoms with E-state index in [1.54, 1.807) is 24.4 Å². The summed E-state index contributed by atoms with van der Waals surface area (Å²) in [5.74, 6) is 0.915. The molecule has 3 aliphatic heterocycles. The van der Waals surface area contributed by atoms with Gasteiger partial charge in [-0.1, -0.05) is 0 Å². The lowest BCUT2D eigenvalue weighted by atomic mass is 9.95. The van der Waals surface area contributed by atoms with Gasteiger partial charge in [0.15, 0.2) is 5.82 Å². The summed E-state index contributed by atoms with van der Waals surface area (Å²) in [6.45, 7) is 4.45. The number of nitrogens with zero attached hydrogens (tertiary/aromatic N) is 5. The molecule has 0 unspecified atom stereocenters. The molecule has 0 atom stereocenters. The third kappa shape index (κ3) is 3.27. The standard InChI is InChI=1S/C25H26N6O4/c32-15-10-16(17-13-26-29-18(17)11-15)20-12-19-21(23(33)35-20)22(30-6-3-7-30)28-24(27-19)34-14-25-4-1-8-31(25)9-2-5-25/h10-13,32H,1-9,14H2,(H,26,29). The van der Waals surface area contributed by atoms with Crippen molar-refractivity contribution in [1.29, 1.82) is 0 Å². The van der Waals surface area contributed by atoms with Gasteiger partial charge in [-0.25, -0.2) is 4.79 Å². The van der Waals surface area contributed by atoms with Crippen LogP contribution in [0.1, 0.15) is 32.1 Å². The highest BCUT2D eigenvalue weighted by Crippen LogP contribution is 2.39.